The van der Waals surface area contributed by atoms with E-state index in [1.165, 1.54) is 0 Å². The summed E-state index contributed by atoms with van der Waals surface area (Å²) in [5.41, 5.74) is 12.7. The molecule has 0 saturated heterocycles. The maximum Gasteiger partial charge on any atom is 0.243 e. The topological polar surface area (TPSA) is 127 Å². The lowest BCUT2D eigenvalue weighted by atomic mass is 9.93. The molecule has 0 aliphatic carbocycles. The molecule has 0 spiro atoms. The minimum atomic E-state index is -0.772. The predicted molar refractivity (Wildman–Crippen MR) is 119 cm³/mol. The SMILES string of the molecule is C=C(C)C(=O)[C@H](CCN)NC(=O)[C@@H](NC(=O)C(CCN)Cc1ccccc1)C(C)C. The number of rotatable bonds is 13. The molecule has 0 aliphatic rings. The van der Waals surface area contributed by atoms with Gasteiger partial charge in [-0.15, -0.1) is 0 Å². The summed E-state index contributed by atoms with van der Waals surface area (Å²) in [6, 6.07) is 8.17. The van der Waals surface area contributed by atoms with Crippen LogP contribution >= 0.6 is 0 Å². The monoisotopic (exact) mass is 416 g/mol. The summed E-state index contributed by atoms with van der Waals surface area (Å²) in [4.78, 5) is 38.2. The Bertz CT molecular complexity index is 718. The molecule has 30 heavy (non-hydrogen) atoms. The first kappa shape index (κ1) is 25.5. The summed E-state index contributed by atoms with van der Waals surface area (Å²) in [6.07, 6.45) is 1.36. The van der Waals surface area contributed by atoms with E-state index in [2.05, 4.69) is 17.2 Å². The lowest BCUT2D eigenvalue weighted by molar-refractivity contribution is -0.133. The molecule has 0 bridgehead atoms. The predicted octanol–water partition coefficient (Wildman–Crippen LogP) is 1.31. The van der Waals surface area contributed by atoms with Gasteiger partial charge in [-0.05, 0) is 56.3 Å². The van der Waals surface area contributed by atoms with Gasteiger partial charge in [0.25, 0.3) is 0 Å². The van der Waals surface area contributed by atoms with Crippen molar-refractivity contribution in [1.82, 2.24) is 10.6 Å². The standard InChI is InChI=1S/C23H36N4O3/c1-15(2)20(23(30)26-19(11-13-25)21(28)16(3)4)27-22(29)18(10-12-24)14-17-8-6-5-7-9-17/h5-9,15,18-20H,3,10-14,24-25H2,1-2,4H3,(H,26,30)(H,27,29)/t18?,19-,20-/m0/s1. The average Bonchev–Trinajstić information content (AvgIpc) is 2.70. The maximum atomic E-state index is 13.0. The molecule has 3 atom stereocenters. The van der Waals surface area contributed by atoms with Crippen LogP contribution in [0, 0.1) is 11.8 Å². The van der Waals surface area contributed by atoms with E-state index in [4.69, 9.17) is 11.5 Å². The lowest BCUT2D eigenvalue weighted by Gasteiger charge is -2.27. The van der Waals surface area contributed by atoms with Crippen LogP contribution in [0.2, 0.25) is 0 Å². The molecule has 0 radical (unpaired) electrons. The highest BCUT2D eigenvalue weighted by Crippen LogP contribution is 2.14. The molecule has 0 fully saturated rings. The molecule has 0 heterocycles. The number of hydrogen-bond donors (Lipinski definition) is 4. The zero-order chi connectivity index (χ0) is 22.7. The largest absolute Gasteiger partial charge is 0.344 e. The van der Waals surface area contributed by atoms with Gasteiger partial charge in [-0.2, -0.15) is 0 Å². The fraction of sp³-hybridized carbons (Fsp3) is 0.522. The number of benzene rings is 1. The Morgan fingerprint density at radius 2 is 1.57 bits per heavy atom. The van der Waals surface area contributed by atoms with E-state index in [1.807, 2.05) is 44.2 Å². The number of carbonyl (C=O) groups excluding carboxylic acids is 3. The average molecular weight is 417 g/mol. The van der Waals surface area contributed by atoms with Crippen LogP contribution in [-0.2, 0) is 20.8 Å². The Morgan fingerprint density at radius 1 is 0.967 bits per heavy atom. The van der Waals surface area contributed by atoms with E-state index in [9.17, 15) is 14.4 Å². The fourth-order valence-corrected chi connectivity index (χ4v) is 3.23. The van der Waals surface area contributed by atoms with Crippen molar-refractivity contribution in [2.24, 2.45) is 23.3 Å². The molecule has 1 rings (SSSR count). The molecule has 7 heteroatoms. The van der Waals surface area contributed by atoms with Crippen LogP contribution < -0.4 is 22.1 Å². The van der Waals surface area contributed by atoms with E-state index in [0.29, 0.717) is 31.4 Å². The number of nitrogens with two attached hydrogens (primary N) is 2. The third-order valence-electron chi connectivity index (χ3n) is 4.97. The summed E-state index contributed by atoms with van der Waals surface area (Å²) in [5, 5.41) is 5.60. The van der Waals surface area contributed by atoms with Crippen molar-refractivity contribution in [3.8, 4) is 0 Å². The number of Topliss-reactive ketones (excluding diaryl/α,β-unsaturated/α-hetero) is 1. The van der Waals surface area contributed by atoms with Gasteiger partial charge in [0.1, 0.15) is 6.04 Å². The van der Waals surface area contributed by atoms with Gasteiger partial charge in [0.15, 0.2) is 5.78 Å². The van der Waals surface area contributed by atoms with Gasteiger partial charge >= 0.3 is 0 Å². The Balaban J connectivity index is 2.91. The minimum absolute atomic E-state index is 0.164. The fourth-order valence-electron chi connectivity index (χ4n) is 3.23. The van der Waals surface area contributed by atoms with Crippen LogP contribution in [0.1, 0.15) is 39.2 Å². The van der Waals surface area contributed by atoms with E-state index < -0.39 is 18.0 Å². The van der Waals surface area contributed by atoms with Crippen molar-refractivity contribution in [2.45, 2.75) is 52.1 Å². The van der Waals surface area contributed by atoms with E-state index >= 15 is 0 Å². The number of nitrogens with one attached hydrogen (secondary N) is 2. The van der Waals surface area contributed by atoms with Gasteiger partial charge in [0, 0.05) is 5.92 Å². The van der Waals surface area contributed by atoms with Crippen LogP contribution in [0.4, 0.5) is 0 Å². The molecule has 166 valence electrons. The van der Waals surface area contributed by atoms with Gasteiger partial charge in [-0.3, -0.25) is 14.4 Å². The normalized spacial score (nSPS) is 13.9. The second kappa shape index (κ2) is 12.9. The molecule has 6 N–H and O–H groups in total. The molecule has 1 aromatic carbocycles. The highest BCUT2D eigenvalue weighted by atomic mass is 16.2. The van der Waals surface area contributed by atoms with Gasteiger partial charge < -0.3 is 22.1 Å². The molecule has 0 aromatic heterocycles. The number of ketones is 1. The molecule has 1 aromatic rings. The summed E-state index contributed by atoms with van der Waals surface area (Å²) < 4.78 is 0. The van der Waals surface area contributed by atoms with Crippen molar-refractivity contribution in [1.29, 1.82) is 0 Å². The first-order valence-electron chi connectivity index (χ1n) is 10.5. The third kappa shape index (κ3) is 8.08. The molecule has 7 nitrogen and oxygen atoms in total. The Morgan fingerprint density at radius 3 is 2.07 bits per heavy atom. The van der Waals surface area contributed by atoms with Gasteiger partial charge in [-0.1, -0.05) is 50.8 Å². The molecule has 2 amide bonds. The summed E-state index contributed by atoms with van der Waals surface area (Å²) in [5.74, 6) is -1.39. The number of hydrogen-bond acceptors (Lipinski definition) is 5. The van der Waals surface area contributed by atoms with Crippen LogP contribution in [-0.4, -0.2) is 42.8 Å². The molecular formula is C23H36N4O3. The van der Waals surface area contributed by atoms with Gasteiger partial charge in [0.05, 0.1) is 6.04 Å². The second-order valence-corrected chi connectivity index (χ2v) is 7.98. The minimum Gasteiger partial charge on any atom is -0.344 e. The molecular weight excluding hydrogens is 380 g/mol. The van der Waals surface area contributed by atoms with E-state index in [-0.39, 0.29) is 30.1 Å². The summed E-state index contributed by atoms with van der Waals surface area (Å²) in [6.45, 7) is 9.56. The van der Waals surface area contributed by atoms with Crippen LogP contribution in [0.15, 0.2) is 42.5 Å². The van der Waals surface area contributed by atoms with Crippen molar-refractivity contribution in [3.05, 3.63) is 48.0 Å². The van der Waals surface area contributed by atoms with E-state index in [0.717, 1.165) is 5.56 Å². The zero-order valence-electron chi connectivity index (χ0n) is 18.3. The van der Waals surface area contributed by atoms with Crippen molar-refractivity contribution < 1.29 is 14.4 Å². The summed E-state index contributed by atoms with van der Waals surface area (Å²) >= 11 is 0. The molecule has 1 unspecified atom stereocenters. The Hall–Kier alpha value is -2.51. The molecule has 0 saturated carbocycles. The van der Waals surface area contributed by atoms with Crippen LogP contribution in [0.3, 0.4) is 0 Å². The first-order chi connectivity index (χ1) is 14.2. The maximum absolute atomic E-state index is 13.0. The van der Waals surface area contributed by atoms with Crippen LogP contribution in [0.25, 0.3) is 0 Å². The highest BCUT2D eigenvalue weighted by molar-refractivity contribution is 6.01. The number of amides is 2. The lowest BCUT2D eigenvalue weighted by Crippen LogP contribution is -2.55. The Kier molecular flexibility index (Phi) is 11.0. The second-order valence-electron chi connectivity index (χ2n) is 7.98. The Labute approximate surface area is 179 Å². The van der Waals surface area contributed by atoms with Crippen molar-refractivity contribution >= 4 is 17.6 Å². The smallest absolute Gasteiger partial charge is 0.243 e. The quantitative estimate of drug-likeness (QED) is 0.361. The molecule has 0 aliphatic heterocycles. The third-order valence-corrected chi connectivity index (χ3v) is 4.97. The van der Waals surface area contributed by atoms with Crippen molar-refractivity contribution in [2.75, 3.05) is 13.1 Å². The van der Waals surface area contributed by atoms with Gasteiger partial charge in [-0.25, -0.2) is 0 Å². The van der Waals surface area contributed by atoms with Crippen LogP contribution in [0.5, 0.6) is 0 Å². The van der Waals surface area contributed by atoms with E-state index in [1.54, 1.807) is 6.92 Å². The van der Waals surface area contributed by atoms with Gasteiger partial charge in [0.2, 0.25) is 11.8 Å². The first-order valence-corrected chi connectivity index (χ1v) is 10.5. The highest BCUT2D eigenvalue weighted by Gasteiger charge is 2.30. The number of carbonyl (C=O) groups is 3. The zero-order valence-corrected chi connectivity index (χ0v) is 18.3. The summed E-state index contributed by atoms with van der Waals surface area (Å²) in [7, 11) is 0. The van der Waals surface area contributed by atoms with Crippen molar-refractivity contribution in [3.63, 3.8) is 0 Å².